The van der Waals surface area contributed by atoms with Gasteiger partial charge in [-0.25, -0.2) is 0 Å². The first-order valence-corrected chi connectivity index (χ1v) is 6.91. The summed E-state index contributed by atoms with van der Waals surface area (Å²) in [5, 5.41) is 11.1. The second kappa shape index (κ2) is 6.05. The van der Waals surface area contributed by atoms with Crippen molar-refractivity contribution in [2.45, 2.75) is 24.9 Å². The molecule has 2 rings (SSSR count). The monoisotopic (exact) mass is 365 g/mol. The smallest absolute Gasteiger partial charge is 0.389 e. The third kappa shape index (κ3) is 3.96. The largest absolute Gasteiger partial charge is 0.482 e. The normalized spacial score (nSPS) is 17.8. The maximum absolute atomic E-state index is 12.4. The molecule has 0 aliphatic carbocycles. The van der Waals surface area contributed by atoms with Crippen LogP contribution in [0.2, 0.25) is 0 Å². The number of ether oxygens (including phenoxy) is 1. The van der Waals surface area contributed by atoms with Crippen LogP contribution in [0.1, 0.15) is 24.3 Å². The molecule has 0 N–H and O–H groups in total. The maximum Gasteiger partial charge on any atom is 0.389 e. The molecule has 1 atom stereocenters. The van der Waals surface area contributed by atoms with Gasteiger partial charge >= 0.3 is 11.9 Å². The Bertz CT molecular complexity index is 587. The number of nitro benzene ring substituents is 1. The fraction of sp³-hybridized carbons (Fsp3) is 0.385. The topological polar surface area (TPSA) is 52.4 Å². The molecule has 0 amide bonds. The number of nitrogens with zero attached hydrogens (tertiary/aromatic N) is 1. The Kier molecular flexibility index (Phi) is 4.55. The molecule has 8 heteroatoms. The van der Waals surface area contributed by atoms with Gasteiger partial charge in [-0.05, 0) is 12.5 Å². The van der Waals surface area contributed by atoms with Gasteiger partial charge in [0.25, 0.3) is 0 Å². The summed E-state index contributed by atoms with van der Waals surface area (Å²) in [6, 6.07) is 2.85. The fourth-order valence-corrected chi connectivity index (χ4v) is 2.66. The van der Waals surface area contributed by atoms with E-state index in [-0.39, 0.29) is 24.5 Å². The zero-order valence-electron chi connectivity index (χ0n) is 10.7. The molecular weight excluding hydrogens is 355 g/mol. The lowest BCUT2D eigenvalue weighted by Crippen LogP contribution is -2.10. The van der Waals surface area contributed by atoms with Gasteiger partial charge in [-0.15, -0.1) is 0 Å². The number of fused-ring (bicyclic) bond motifs is 1. The molecule has 1 aromatic carbocycles. The SMILES string of the molecule is O=[N+]([O-])c1cc(Br)cc2c1OCC=C[C@H]2CCC(F)(F)F. The zero-order chi connectivity index (χ0) is 15.6. The average Bonchev–Trinajstić information content (AvgIpc) is 2.56. The lowest BCUT2D eigenvalue weighted by molar-refractivity contribution is -0.386. The molecule has 0 aromatic heterocycles. The summed E-state index contributed by atoms with van der Waals surface area (Å²) in [5.74, 6) is -0.527. The third-order valence-electron chi connectivity index (χ3n) is 3.09. The number of hydrogen-bond donors (Lipinski definition) is 0. The van der Waals surface area contributed by atoms with E-state index in [1.165, 1.54) is 6.07 Å². The third-order valence-corrected chi connectivity index (χ3v) is 3.55. The van der Waals surface area contributed by atoms with Gasteiger partial charge in [-0.2, -0.15) is 13.2 Å². The van der Waals surface area contributed by atoms with Crippen molar-refractivity contribution in [2.75, 3.05) is 6.61 Å². The predicted molar refractivity (Wildman–Crippen MR) is 73.5 cm³/mol. The summed E-state index contributed by atoms with van der Waals surface area (Å²) < 4.78 is 43.0. The van der Waals surface area contributed by atoms with E-state index in [1.54, 1.807) is 18.2 Å². The van der Waals surface area contributed by atoms with Gasteiger partial charge in [-0.1, -0.05) is 28.1 Å². The van der Waals surface area contributed by atoms with Gasteiger partial charge in [0.1, 0.15) is 6.61 Å². The van der Waals surface area contributed by atoms with Crippen LogP contribution in [0.15, 0.2) is 28.8 Å². The number of hydrogen-bond acceptors (Lipinski definition) is 3. The van der Waals surface area contributed by atoms with Gasteiger partial charge in [0.2, 0.25) is 5.75 Å². The molecule has 1 aromatic rings. The highest BCUT2D eigenvalue weighted by Gasteiger charge is 2.31. The minimum absolute atomic E-state index is 0.0420. The average molecular weight is 366 g/mol. The van der Waals surface area contributed by atoms with Crippen LogP contribution in [0.5, 0.6) is 5.75 Å². The number of halogens is 4. The van der Waals surface area contributed by atoms with Gasteiger partial charge < -0.3 is 4.74 Å². The number of alkyl halides is 3. The van der Waals surface area contributed by atoms with E-state index < -0.39 is 23.4 Å². The van der Waals surface area contributed by atoms with Gasteiger partial charge in [0.05, 0.1) is 4.92 Å². The first kappa shape index (κ1) is 15.8. The molecule has 0 saturated carbocycles. The van der Waals surface area contributed by atoms with Crippen molar-refractivity contribution in [1.29, 1.82) is 0 Å². The van der Waals surface area contributed by atoms with Crippen molar-refractivity contribution in [2.24, 2.45) is 0 Å². The van der Waals surface area contributed by atoms with Gasteiger partial charge in [0, 0.05) is 28.4 Å². The van der Waals surface area contributed by atoms with Crippen LogP contribution in [0.3, 0.4) is 0 Å². The Morgan fingerprint density at radius 1 is 1.43 bits per heavy atom. The molecule has 1 aliphatic heterocycles. The van der Waals surface area contributed by atoms with Crippen molar-refractivity contribution in [3.63, 3.8) is 0 Å². The summed E-state index contributed by atoms with van der Waals surface area (Å²) in [4.78, 5) is 10.5. The second-order valence-electron chi connectivity index (χ2n) is 4.60. The standard InChI is InChI=1S/C13H11BrF3NO3/c14-9-6-10-8(3-4-13(15,16)17)2-1-5-21-12(10)11(7-9)18(19)20/h1-2,6-8H,3-5H2/t8-/m0/s1. The van der Waals surface area contributed by atoms with E-state index in [2.05, 4.69) is 15.9 Å². The molecule has 0 unspecified atom stereocenters. The molecule has 1 heterocycles. The zero-order valence-corrected chi connectivity index (χ0v) is 12.3. The van der Waals surface area contributed by atoms with Crippen molar-refractivity contribution in [1.82, 2.24) is 0 Å². The molecule has 1 aliphatic rings. The van der Waals surface area contributed by atoms with E-state index in [1.807, 2.05) is 0 Å². The van der Waals surface area contributed by atoms with Crippen molar-refractivity contribution >= 4 is 21.6 Å². The summed E-state index contributed by atoms with van der Waals surface area (Å²) >= 11 is 3.15. The van der Waals surface area contributed by atoms with Crippen LogP contribution >= 0.6 is 15.9 Å². The van der Waals surface area contributed by atoms with Gasteiger partial charge in [-0.3, -0.25) is 10.1 Å². The Hall–Kier alpha value is -1.57. The second-order valence-corrected chi connectivity index (χ2v) is 5.52. The van der Waals surface area contributed by atoms with Crippen LogP contribution < -0.4 is 4.74 Å². The molecule has 4 nitrogen and oxygen atoms in total. The van der Waals surface area contributed by atoms with Crippen molar-refractivity contribution in [3.8, 4) is 5.75 Å². The van der Waals surface area contributed by atoms with Crippen LogP contribution in [0.4, 0.5) is 18.9 Å². The molecule has 0 spiro atoms. The first-order valence-electron chi connectivity index (χ1n) is 6.12. The molecular formula is C13H11BrF3NO3. The number of rotatable bonds is 3. The number of benzene rings is 1. The van der Waals surface area contributed by atoms with Crippen molar-refractivity contribution < 1.29 is 22.8 Å². The molecule has 0 saturated heterocycles. The van der Waals surface area contributed by atoms with E-state index >= 15 is 0 Å². The lowest BCUT2D eigenvalue weighted by atomic mass is 9.92. The minimum atomic E-state index is -4.26. The highest BCUT2D eigenvalue weighted by Crippen LogP contribution is 2.42. The summed E-state index contributed by atoms with van der Waals surface area (Å²) in [5.41, 5.74) is 0.147. The molecule has 0 radical (unpaired) electrons. The quantitative estimate of drug-likeness (QED) is 0.441. The highest BCUT2D eigenvalue weighted by molar-refractivity contribution is 9.10. The Balaban J connectivity index is 2.41. The molecule has 21 heavy (non-hydrogen) atoms. The van der Waals surface area contributed by atoms with Crippen LogP contribution in [0, 0.1) is 10.1 Å². The van der Waals surface area contributed by atoms with E-state index in [0.29, 0.717) is 10.0 Å². The fourth-order valence-electron chi connectivity index (χ4n) is 2.19. The van der Waals surface area contributed by atoms with Gasteiger partial charge in [0.15, 0.2) is 0 Å². The summed E-state index contributed by atoms with van der Waals surface area (Å²) in [6.45, 7) is 0.0952. The Morgan fingerprint density at radius 2 is 2.14 bits per heavy atom. The first-order chi connectivity index (χ1) is 9.78. The lowest BCUT2D eigenvalue weighted by Gasteiger charge is -2.16. The Labute approximate surface area is 126 Å². The number of allylic oxidation sites excluding steroid dienone is 1. The minimum Gasteiger partial charge on any atom is -0.482 e. The van der Waals surface area contributed by atoms with Crippen molar-refractivity contribution in [3.05, 3.63) is 44.4 Å². The van der Waals surface area contributed by atoms with Crippen LogP contribution in [-0.2, 0) is 0 Å². The molecule has 0 bridgehead atoms. The Morgan fingerprint density at radius 3 is 2.76 bits per heavy atom. The number of nitro groups is 1. The highest BCUT2D eigenvalue weighted by atomic mass is 79.9. The predicted octanol–water partition coefficient (Wildman–Crippen LogP) is 4.73. The van der Waals surface area contributed by atoms with E-state index in [9.17, 15) is 23.3 Å². The molecule has 0 fully saturated rings. The maximum atomic E-state index is 12.4. The van der Waals surface area contributed by atoms with E-state index in [4.69, 9.17) is 4.74 Å². The van der Waals surface area contributed by atoms with E-state index in [0.717, 1.165) is 0 Å². The summed E-state index contributed by atoms with van der Waals surface area (Å²) in [7, 11) is 0. The van der Waals surface area contributed by atoms with Crippen LogP contribution in [0.25, 0.3) is 0 Å². The van der Waals surface area contributed by atoms with Crippen LogP contribution in [-0.4, -0.2) is 17.7 Å². The molecule has 114 valence electrons. The summed E-state index contributed by atoms with van der Waals surface area (Å²) in [6.07, 6.45) is -2.21.